The number of aromatic nitrogens is 1. The molecule has 1 aromatic rings. The molecule has 0 saturated heterocycles. The van der Waals surface area contributed by atoms with Gasteiger partial charge >= 0.3 is 0 Å². The number of nitrogens with zero attached hydrogens (tertiary/aromatic N) is 2. The summed E-state index contributed by atoms with van der Waals surface area (Å²) in [4.78, 5) is 8.69. The normalized spacial score (nSPS) is 11.9. The van der Waals surface area contributed by atoms with Crippen LogP contribution in [0.1, 0.15) is 31.5 Å². The van der Waals surface area contributed by atoms with Crippen LogP contribution in [0.15, 0.2) is 11.1 Å². The zero-order chi connectivity index (χ0) is 10.7. The van der Waals surface area contributed by atoms with Crippen molar-refractivity contribution in [3.8, 4) is 0 Å². The Balaban J connectivity index is 3.16. The quantitative estimate of drug-likeness (QED) is 0.538. The number of aliphatic imine (C=N–C) groups is 1. The molecule has 0 aliphatic carbocycles. The third-order valence-corrected chi connectivity index (χ3v) is 2.52. The molecule has 0 saturated carbocycles. The van der Waals surface area contributed by atoms with E-state index >= 15 is 0 Å². The summed E-state index contributed by atoms with van der Waals surface area (Å²) < 4.78 is 0. The maximum absolute atomic E-state index is 5.90. The highest BCUT2D eigenvalue weighted by Gasteiger charge is 2.03. The van der Waals surface area contributed by atoms with E-state index in [-0.39, 0.29) is 0 Å². The van der Waals surface area contributed by atoms with Crippen molar-refractivity contribution >= 4 is 23.0 Å². The fourth-order valence-corrected chi connectivity index (χ4v) is 1.24. The first-order valence-electron chi connectivity index (χ1n) is 4.72. The van der Waals surface area contributed by atoms with Crippen LogP contribution in [-0.4, -0.2) is 10.7 Å². The highest BCUT2D eigenvalue weighted by Crippen LogP contribution is 2.23. The summed E-state index contributed by atoms with van der Waals surface area (Å²) in [5.74, 6) is 0. The molecule has 0 fully saturated rings. The Bertz CT molecular complexity index is 370. The molecule has 14 heavy (non-hydrogen) atoms. The van der Waals surface area contributed by atoms with Gasteiger partial charge in [-0.2, -0.15) is 0 Å². The fourth-order valence-electron chi connectivity index (χ4n) is 1.06. The molecule has 0 amide bonds. The summed E-state index contributed by atoms with van der Waals surface area (Å²) >= 11 is 5.90. The van der Waals surface area contributed by atoms with Crippen LogP contribution >= 0.6 is 11.6 Å². The second-order valence-electron chi connectivity index (χ2n) is 3.40. The van der Waals surface area contributed by atoms with Crippen LogP contribution in [0, 0.1) is 13.8 Å². The van der Waals surface area contributed by atoms with Crippen LogP contribution < -0.4 is 0 Å². The molecular formula is C11H15ClN2. The van der Waals surface area contributed by atoms with Gasteiger partial charge in [-0.1, -0.05) is 18.5 Å². The van der Waals surface area contributed by atoms with Gasteiger partial charge in [-0.3, -0.25) is 4.99 Å². The topological polar surface area (TPSA) is 25.2 Å². The van der Waals surface area contributed by atoms with Gasteiger partial charge in [-0.15, -0.1) is 0 Å². The molecule has 1 aromatic heterocycles. The van der Waals surface area contributed by atoms with E-state index in [1.54, 1.807) is 0 Å². The Kier molecular flexibility index (Phi) is 3.64. The van der Waals surface area contributed by atoms with Crippen molar-refractivity contribution < 1.29 is 0 Å². The van der Waals surface area contributed by atoms with Gasteiger partial charge < -0.3 is 0 Å². The van der Waals surface area contributed by atoms with Crippen molar-refractivity contribution in [2.45, 2.75) is 34.1 Å². The number of hydrogen-bond donors (Lipinski definition) is 0. The molecule has 0 atom stereocenters. The van der Waals surface area contributed by atoms with Gasteiger partial charge in [0.15, 0.2) is 0 Å². The largest absolute Gasteiger partial charge is 0.256 e. The molecule has 0 aliphatic rings. The highest BCUT2D eigenvalue weighted by atomic mass is 35.5. The second-order valence-corrected chi connectivity index (χ2v) is 3.76. The average Bonchev–Trinajstić information content (AvgIpc) is 2.14. The van der Waals surface area contributed by atoms with Crippen LogP contribution in [0.25, 0.3) is 0 Å². The van der Waals surface area contributed by atoms with E-state index in [1.807, 2.05) is 26.8 Å². The summed E-state index contributed by atoms with van der Waals surface area (Å²) in [6.45, 7) is 7.97. The van der Waals surface area contributed by atoms with E-state index in [0.717, 1.165) is 29.1 Å². The maximum Gasteiger partial charge on any atom is 0.132 e. The smallest absolute Gasteiger partial charge is 0.132 e. The number of pyridine rings is 1. The lowest BCUT2D eigenvalue weighted by atomic mass is 10.2. The lowest BCUT2D eigenvalue weighted by Crippen LogP contribution is -1.90. The van der Waals surface area contributed by atoms with Gasteiger partial charge in [0.1, 0.15) is 5.15 Å². The lowest BCUT2D eigenvalue weighted by molar-refractivity contribution is 1.15. The molecule has 0 aromatic carbocycles. The standard InChI is InChI=1S/C11H15ClN2/c1-5-8(3)13-10-6-7(2)11(12)14-9(10)4/h6H,5H2,1-4H3. The van der Waals surface area contributed by atoms with E-state index in [1.165, 1.54) is 0 Å². The van der Waals surface area contributed by atoms with Crippen molar-refractivity contribution in [2.24, 2.45) is 4.99 Å². The number of hydrogen-bond acceptors (Lipinski definition) is 2. The number of halogens is 1. The summed E-state index contributed by atoms with van der Waals surface area (Å²) in [7, 11) is 0. The minimum absolute atomic E-state index is 0.565. The molecule has 0 bridgehead atoms. The van der Waals surface area contributed by atoms with Crippen molar-refractivity contribution in [1.29, 1.82) is 0 Å². The molecule has 2 nitrogen and oxygen atoms in total. The van der Waals surface area contributed by atoms with Crippen molar-refractivity contribution in [3.05, 3.63) is 22.5 Å². The Morgan fingerprint density at radius 3 is 2.71 bits per heavy atom. The van der Waals surface area contributed by atoms with Crippen molar-refractivity contribution in [1.82, 2.24) is 4.98 Å². The van der Waals surface area contributed by atoms with Gasteiger partial charge in [0.2, 0.25) is 0 Å². The molecule has 0 spiro atoms. The van der Waals surface area contributed by atoms with E-state index in [2.05, 4.69) is 16.9 Å². The van der Waals surface area contributed by atoms with E-state index < -0.39 is 0 Å². The van der Waals surface area contributed by atoms with E-state index in [0.29, 0.717) is 5.15 Å². The molecule has 0 N–H and O–H groups in total. The SMILES string of the molecule is CCC(C)=Nc1cc(C)c(Cl)nc1C. The fraction of sp³-hybridized carbons (Fsp3) is 0.455. The maximum atomic E-state index is 5.90. The summed E-state index contributed by atoms with van der Waals surface area (Å²) in [6, 6.07) is 1.98. The molecule has 0 unspecified atom stereocenters. The second kappa shape index (κ2) is 4.56. The van der Waals surface area contributed by atoms with Crippen molar-refractivity contribution in [2.75, 3.05) is 0 Å². The number of aryl methyl sites for hydroxylation is 2. The molecule has 1 rings (SSSR count). The Labute approximate surface area is 90.0 Å². The number of rotatable bonds is 2. The van der Waals surface area contributed by atoms with Crippen LogP contribution in [0.5, 0.6) is 0 Å². The summed E-state index contributed by atoms with van der Waals surface area (Å²) in [5, 5.41) is 0.565. The molecule has 3 heteroatoms. The van der Waals surface area contributed by atoms with Gasteiger partial charge in [0.25, 0.3) is 0 Å². The average molecular weight is 211 g/mol. The predicted octanol–water partition coefficient (Wildman–Crippen LogP) is 3.85. The molecule has 76 valence electrons. The summed E-state index contributed by atoms with van der Waals surface area (Å²) in [5.41, 5.74) is 3.89. The summed E-state index contributed by atoms with van der Waals surface area (Å²) in [6.07, 6.45) is 0.959. The first-order chi connectivity index (χ1) is 6.54. The monoisotopic (exact) mass is 210 g/mol. The third kappa shape index (κ3) is 2.55. The van der Waals surface area contributed by atoms with E-state index in [9.17, 15) is 0 Å². The van der Waals surface area contributed by atoms with Crippen LogP contribution in [0.2, 0.25) is 5.15 Å². The first kappa shape index (κ1) is 11.2. The molecule has 0 radical (unpaired) electrons. The molecule has 1 heterocycles. The van der Waals surface area contributed by atoms with Gasteiger partial charge in [0.05, 0.1) is 11.4 Å². The highest BCUT2D eigenvalue weighted by molar-refractivity contribution is 6.30. The zero-order valence-electron chi connectivity index (χ0n) is 9.06. The Morgan fingerprint density at radius 2 is 2.14 bits per heavy atom. The predicted molar refractivity (Wildman–Crippen MR) is 61.8 cm³/mol. The van der Waals surface area contributed by atoms with Gasteiger partial charge in [0, 0.05) is 5.71 Å². The van der Waals surface area contributed by atoms with Crippen molar-refractivity contribution in [3.63, 3.8) is 0 Å². The first-order valence-corrected chi connectivity index (χ1v) is 5.10. The zero-order valence-corrected chi connectivity index (χ0v) is 9.81. The molecule has 0 aliphatic heterocycles. The minimum atomic E-state index is 0.565. The Morgan fingerprint density at radius 1 is 1.50 bits per heavy atom. The van der Waals surface area contributed by atoms with Crippen LogP contribution in [-0.2, 0) is 0 Å². The van der Waals surface area contributed by atoms with Crippen LogP contribution in [0.3, 0.4) is 0 Å². The third-order valence-electron chi connectivity index (χ3n) is 2.14. The lowest BCUT2D eigenvalue weighted by Gasteiger charge is -2.04. The van der Waals surface area contributed by atoms with Gasteiger partial charge in [-0.05, 0) is 38.8 Å². The van der Waals surface area contributed by atoms with E-state index in [4.69, 9.17) is 11.6 Å². The Hall–Kier alpha value is -0.890. The minimum Gasteiger partial charge on any atom is -0.256 e. The van der Waals surface area contributed by atoms with Crippen LogP contribution in [0.4, 0.5) is 5.69 Å². The van der Waals surface area contributed by atoms with Gasteiger partial charge in [-0.25, -0.2) is 4.98 Å². The molecular weight excluding hydrogens is 196 g/mol.